The summed E-state index contributed by atoms with van der Waals surface area (Å²) in [7, 11) is 4.51. The molecule has 0 spiro atoms. The average Bonchev–Trinajstić information content (AvgIpc) is 3.27. The van der Waals surface area contributed by atoms with Gasteiger partial charge in [-0.05, 0) is 5.56 Å². The highest BCUT2D eigenvalue weighted by molar-refractivity contribution is 5.78. The Morgan fingerprint density at radius 2 is 1.87 bits per heavy atom. The van der Waals surface area contributed by atoms with Gasteiger partial charge < -0.3 is 19.1 Å². The molecule has 0 saturated carbocycles. The van der Waals surface area contributed by atoms with Crippen molar-refractivity contribution in [2.24, 2.45) is 0 Å². The number of benzene rings is 1. The number of ether oxygens (including phenoxy) is 2. The maximum atomic E-state index is 12.5. The van der Waals surface area contributed by atoms with Crippen LogP contribution < -0.4 is 0 Å². The fraction of sp³-hybridized carbons (Fsp3) is 0.611. The van der Waals surface area contributed by atoms with Gasteiger partial charge in [0.1, 0.15) is 36.3 Å². The normalized spacial score (nSPS) is 37.8. The zero-order valence-electron chi connectivity index (χ0n) is 13.6. The van der Waals surface area contributed by atoms with Gasteiger partial charge in [-0.3, -0.25) is 4.79 Å². The van der Waals surface area contributed by atoms with Gasteiger partial charge in [0.2, 0.25) is 0 Å². The minimum atomic E-state index is -0.593. The van der Waals surface area contributed by atoms with Crippen molar-refractivity contribution in [3.63, 3.8) is 0 Å². The molecule has 6 atom stereocenters. The van der Waals surface area contributed by atoms with E-state index in [4.69, 9.17) is 9.47 Å². The summed E-state index contributed by atoms with van der Waals surface area (Å²) >= 11 is 0. The molecular weight excluding hydrogens is 294 g/mol. The van der Waals surface area contributed by atoms with Crippen molar-refractivity contribution in [3.05, 3.63) is 35.9 Å². The molecule has 5 nitrogen and oxygen atoms in total. The van der Waals surface area contributed by atoms with Crippen LogP contribution in [0.1, 0.15) is 24.3 Å². The largest absolute Gasteiger partial charge is 0.461 e. The summed E-state index contributed by atoms with van der Waals surface area (Å²) in [6.07, 6.45) is 2.34. The van der Waals surface area contributed by atoms with E-state index in [2.05, 4.69) is 14.1 Å². The second-order valence-corrected chi connectivity index (χ2v) is 7.51. The summed E-state index contributed by atoms with van der Waals surface area (Å²) in [4.78, 5) is 12.5. The molecule has 0 aliphatic carbocycles. The first-order chi connectivity index (χ1) is 11.0. The molecule has 4 rings (SSSR count). The van der Waals surface area contributed by atoms with Crippen molar-refractivity contribution < 1.29 is 23.9 Å². The summed E-state index contributed by atoms with van der Waals surface area (Å²) in [6.45, 7) is -0.224. The average molecular weight is 318 g/mol. The van der Waals surface area contributed by atoms with Gasteiger partial charge in [-0.25, -0.2) is 0 Å². The SMILES string of the molecule is C[N+]1(C)C2CC(OC(=O)[C@H](CO)c3ccccc3)CC1[C@@H]1O[C@H]21. The monoisotopic (exact) mass is 318 g/mol. The van der Waals surface area contributed by atoms with Crippen LogP contribution in [0.15, 0.2) is 30.3 Å². The number of carbonyl (C=O) groups excluding carboxylic acids is 1. The molecule has 1 aromatic carbocycles. The minimum Gasteiger partial charge on any atom is -0.461 e. The molecule has 5 heteroatoms. The van der Waals surface area contributed by atoms with Crippen molar-refractivity contribution in [3.8, 4) is 0 Å². The lowest BCUT2D eigenvalue weighted by Crippen LogP contribution is -2.60. The molecule has 3 aliphatic heterocycles. The molecule has 3 saturated heterocycles. The van der Waals surface area contributed by atoms with Crippen molar-refractivity contribution >= 4 is 5.97 Å². The number of aliphatic hydroxyl groups is 1. The molecule has 124 valence electrons. The van der Waals surface area contributed by atoms with Crippen LogP contribution in [0, 0.1) is 0 Å². The van der Waals surface area contributed by atoms with Gasteiger partial charge in [0.15, 0.2) is 0 Å². The highest BCUT2D eigenvalue weighted by Gasteiger charge is 2.70. The summed E-state index contributed by atoms with van der Waals surface area (Å²) in [6, 6.07) is 10.2. The van der Waals surface area contributed by atoms with E-state index < -0.39 is 5.92 Å². The number of hydrogen-bond acceptors (Lipinski definition) is 4. The van der Waals surface area contributed by atoms with Gasteiger partial charge >= 0.3 is 5.97 Å². The zero-order valence-corrected chi connectivity index (χ0v) is 13.6. The Balaban J connectivity index is 1.44. The maximum absolute atomic E-state index is 12.5. The Labute approximate surface area is 136 Å². The number of likely N-dealkylation sites (N-methyl/N-ethyl adjacent to an activating group) is 1. The van der Waals surface area contributed by atoms with Crippen LogP contribution in [0.4, 0.5) is 0 Å². The molecule has 3 unspecified atom stereocenters. The van der Waals surface area contributed by atoms with Crippen molar-refractivity contribution in [2.45, 2.75) is 49.2 Å². The predicted molar refractivity (Wildman–Crippen MR) is 83.7 cm³/mol. The van der Waals surface area contributed by atoms with E-state index in [9.17, 15) is 9.90 Å². The van der Waals surface area contributed by atoms with Crippen LogP contribution >= 0.6 is 0 Å². The number of rotatable bonds is 4. The Morgan fingerprint density at radius 1 is 1.26 bits per heavy atom. The Bertz CT molecular complexity index is 582. The summed E-state index contributed by atoms with van der Waals surface area (Å²) in [5.74, 6) is -0.908. The fourth-order valence-electron chi connectivity index (χ4n) is 4.55. The molecule has 0 radical (unpaired) electrons. The number of aliphatic hydroxyl groups excluding tert-OH is 1. The second-order valence-electron chi connectivity index (χ2n) is 7.51. The van der Waals surface area contributed by atoms with Crippen LogP contribution in [0.25, 0.3) is 0 Å². The second kappa shape index (κ2) is 5.30. The number of fused-ring (bicyclic) bond motifs is 5. The smallest absolute Gasteiger partial charge is 0.316 e. The molecule has 1 aromatic rings. The highest BCUT2D eigenvalue weighted by atomic mass is 16.6. The Kier molecular flexibility index (Phi) is 3.48. The van der Waals surface area contributed by atoms with E-state index in [0.29, 0.717) is 24.3 Å². The van der Waals surface area contributed by atoms with Gasteiger partial charge in [0.25, 0.3) is 0 Å². The Hall–Kier alpha value is -1.43. The topological polar surface area (TPSA) is 59.1 Å². The first-order valence-electron chi connectivity index (χ1n) is 8.37. The van der Waals surface area contributed by atoms with Crippen LogP contribution in [0.3, 0.4) is 0 Å². The third kappa shape index (κ3) is 2.38. The number of epoxide rings is 1. The lowest BCUT2D eigenvalue weighted by molar-refractivity contribution is -0.938. The van der Waals surface area contributed by atoms with Gasteiger partial charge in [0, 0.05) is 12.8 Å². The number of carbonyl (C=O) groups is 1. The standard InChI is InChI=1S/C18H24NO4/c1-19(2)14-8-12(9-15(19)17-16(14)23-17)22-18(21)13(10-20)11-6-4-3-5-7-11/h3-7,12-17,20H,8-10H2,1-2H3/q+1/t12?,13-,14?,15?,16-,17+/m1/s1. The third-order valence-corrected chi connectivity index (χ3v) is 5.99. The number of nitrogens with zero attached hydrogens (tertiary/aromatic N) is 1. The zero-order chi connectivity index (χ0) is 16.2. The number of quaternary nitrogens is 1. The number of esters is 1. The minimum absolute atomic E-state index is 0.0576. The summed E-state index contributed by atoms with van der Waals surface area (Å²) in [5, 5.41) is 9.60. The fourth-order valence-corrected chi connectivity index (χ4v) is 4.55. The van der Waals surface area contributed by atoms with Crippen molar-refractivity contribution in [1.82, 2.24) is 0 Å². The molecule has 23 heavy (non-hydrogen) atoms. The summed E-state index contributed by atoms with van der Waals surface area (Å²) in [5.41, 5.74) is 0.807. The molecule has 2 bridgehead atoms. The van der Waals surface area contributed by atoms with Gasteiger partial charge in [-0.15, -0.1) is 0 Å². The van der Waals surface area contributed by atoms with Crippen LogP contribution in [-0.4, -0.2) is 66.7 Å². The van der Waals surface area contributed by atoms with Gasteiger partial charge in [-0.1, -0.05) is 30.3 Å². The number of morpholine rings is 1. The van der Waals surface area contributed by atoms with Crippen molar-refractivity contribution in [1.29, 1.82) is 0 Å². The van der Waals surface area contributed by atoms with Crippen LogP contribution in [0.2, 0.25) is 0 Å². The number of hydrogen-bond donors (Lipinski definition) is 1. The molecule has 0 aromatic heterocycles. The van der Waals surface area contributed by atoms with E-state index >= 15 is 0 Å². The van der Waals surface area contributed by atoms with E-state index in [1.165, 1.54) is 0 Å². The Morgan fingerprint density at radius 3 is 2.43 bits per heavy atom. The summed E-state index contributed by atoms with van der Waals surface area (Å²) < 4.78 is 12.5. The molecular formula is C18H24NO4+. The molecule has 1 N–H and O–H groups in total. The maximum Gasteiger partial charge on any atom is 0.316 e. The first kappa shape index (κ1) is 15.1. The highest BCUT2D eigenvalue weighted by Crippen LogP contribution is 2.51. The first-order valence-corrected chi connectivity index (χ1v) is 8.37. The number of piperidine rings is 1. The van der Waals surface area contributed by atoms with E-state index in [1.807, 2.05) is 30.3 Å². The third-order valence-electron chi connectivity index (χ3n) is 5.99. The van der Waals surface area contributed by atoms with Crippen molar-refractivity contribution in [2.75, 3.05) is 20.7 Å². The molecule has 3 fully saturated rings. The lowest BCUT2D eigenvalue weighted by atomic mass is 9.95. The quantitative estimate of drug-likeness (QED) is 0.512. The van der Waals surface area contributed by atoms with E-state index in [1.54, 1.807) is 0 Å². The molecule has 0 amide bonds. The lowest BCUT2D eigenvalue weighted by Gasteiger charge is -2.45. The predicted octanol–water partition coefficient (Wildman–Crippen LogP) is 1.06. The van der Waals surface area contributed by atoms with Crippen LogP contribution in [-0.2, 0) is 14.3 Å². The molecule has 3 aliphatic rings. The van der Waals surface area contributed by atoms with E-state index in [-0.39, 0.29) is 18.7 Å². The van der Waals surface area contributed by atoms with Gasteiger partial charge in [-0.2, -0.15) is 0 Å². The van der Waals surface area contributed by atoms with Crippen LogP contribution in [0.5, 0.6) is 0 Å². The molecule has 3 heterocycles. The van der Waals surface area contributed by atoms with E-state index in [0.717, 1.165) is 22.9 Å². The van der Waals surface area contributed by atoms with Gasteiger partial charge in [0.05, 0.1) is 20.7 Å².